The van der Waals surface area contributed by atoms with Crippen LogP contribution in [-0.2, 0) is 13.0 Å². The fourth-order valence-corrected chi connectivity index (χ4v) is 2.32. The van der Waals surface area contributed by atoms with Gasteiger partial charge in [0.2, 0.25) is 0 Å². The molecule has 0 fully saturated rings. The molecule has 0 saturated carbocycles. The van der Waals surface area contributed by atoms with Gasteiger partial charge < -0.3 is 10.3 Å². The molecule has 0 aliphatic heterocycles. The predicted molar refractivity (Wildman–Crippen MR) is 68.3 cm³/mol. The van der Waals surface area contributed by atoms with Gasteiger partial charge in [-0.1, -0.05) is 20.8 Å². The Hall–Kier alpha value is -0.830. The van der Waals surface area contributed by atoms with Gasteiger partial charge in [0.1, 0.15) is 5.82 Å². The minimum absolute atomic E-state index is 0.227. The molecule has 1 heterocycles. The molecule has 1 atom stereocenters. The molecule has 0 spiro atoms. The standard InChI is InChI=1S/C13H25N3/c1-5-7-16-8-6-15-12(16)10-13(3,4)9-11(2)14/h6,8,11H,5,7,9-10,14H2,1-4H3. The average molecular weight is 223 g/mol. The van der Waals surface area contributed by atoms with Crippen LogP contribution in [0.2, 0.25) is 0 Å². The third kappa shape index (κ3) is 3.97. The number of hydrogen-bond donors (Lipinski definition) is 1. The number of nitrogens with two attached hydrogens (primary N) is 1. The summed E-state index contributed by atoms with van der Waals surface area (Å²) in [6, 6.07) is 0.254. The quantitative estimate of drug-likeness (QED) is 0.805. The minimum Gasteiger partial charge on any atom is -0.335 e. The van der Waals surface area contributed by atoms with Gasteiger partial charge in [0, 0.05) is 31.4 Å². The van der Waals surface area contributed by atoms with Crippen LogP contribution in [0.25, 0.3) is 0 Å². The second-order valence-corrected chi connectivity index (χ2v) is 5.56. The van der Waals surface area contributed by atoms with Crippen LogP contribution in [0.1, 0.15) is 46.4 Å². The van der Waals surface area contributed by atoms with Gasteiger partial charge in [0.15, 0.2) is 0 Å². The van der Waals surface area contributed by atoms with Crippen LogP contribution >= 0.6 is 0 Å². The largest absolute Gasteiger partial charge is 0.335 e. The average Bonchev–Trinajstić information content (AvgIpc) is 2.50. The van der Waals surface area contributed by atoms with Crippen molar-refractivity contribution < 1.29 is 0 Å². The van der Waals surface area contributed by atoms with E-state index in [0.717, 1.165) is 25.8 Å². The maximum absolute atomic E-state index is 5.88. The second kappa shape index (κ2) is 5.48. The lowest BCUT2D eigenvalue weighted by Gasteiger charge is -2.26. The molecule has 3 nitrogen and oxygen atoms in total. The van der Waals surface area contributed by atoms with Crippen molar-refractivity contribution in [2.75, 3.05) is 0 Å². The number of nitrogens with zero attached hydrogens (tertiary/aromatic N) is 2. The molecule has 0 radical (unpaired) electrons. The number of aromatic nitrogens is 2. The monoisotopic (exact) mass is 223 g/mol. The molecule has 0 aliphatic rings. The zero-order valence-electron chi connectivity index (χ0n) is 11.0. The summed E-state index contributed by atoms with van der Waals surface area (Å²) < 4.78 is 2.25. The summed E-state index contributed by atoms with van der Waals surface area (Å²) in [5.74, 6) is 1.19. The molecule has 0 saturated heterocycles. The van der Waals surface area contributed by atoms with E-state index in [2.05, 4.69) is 43.4 Å². The van der Waals surface area contributed by atoms with E-state index in [9.17, 15) is 0 Å². The lowest BCUT2D eigenvalue weighted by atomic mass is 9.83. The van der Waals surface area contributed by atoms with E-state index < -0.39 is 0 Å². The van der Waals surface area contributed by atoms with Gasteiger partial charge in [0.25, 0.3) is 0 Å². The molecular formula is C13H25N3. The van der Waals surface area contributed by atoms with Crippen LogP contribution in [0, 0.1) is 5.41 Å². The fraction of sp³-hybridized carbons (Fsp3) is 0.769. The summed E-state index contributed by atoms with van der Waals surface area (Å²) in [5.41, 5.74) is 6.10. The van der Waals surface area contributed by atoms with Crippen molar-refractivity contribution in [1.82, 2.24) is 9.55 Å². The Labute approximate surface area is 99.1 Å². The van der Waals surface area contributed by atoms with E-state index in [1.807, 2.05) is 6.20 Å². The van der Waals surface area contributed by atoms with Gasteiger partial charge >= 0.3 is 0 Å². The molecule has 92 valence electrons. The van der Waals surface area contributed by atoms with Gasteiger partial charge in [-0.25, -0.2) is 4.98 Å². The molecule has 1 unspecified atom stereocenters. The van der Waals surface area contributed by atoms with Gasteiger partial charge in [-0.3, -0.25) is 0 Å². The molecule has 3 heteroatoms. The lowest BCUT2D eigenvalue weighted by Crippen LogP contribution is -2.27. The maximum atomic E-state index is 5.88. The Morgan fingerprint density at radius 2 is 2.19 bits per heavy atom. The number of imidazole rings is 1. The normalized spacial score (nSPS) is 14.1. The highest BCUT2D eigenvalue weighted by atomic mass is 15.1. The Morgan fingerprint density at radius 1 is 1.50 bits per heavy atom. The molecular weight excluding hydrogens is 198 g/mol. The molecule has 16 heavy (non-hydrogen) atoms. The van der Waals surface area contributed by atoms with Gasteiger partial charge in [0.05, 0.1) is 0 Å². The van der Waals surface area contributed by atoms with Crippen LogP contribution in [0.3, 0.4) is 0 Å². The van der Waals surface area contributed by atoms with Crippen molar-refractivity contribution >= 4 is 0 Å². The Morgan fingerprint density at radius 3 is 2.75 bits per heavy atom. The molecule has 0 aliphatic carbocycles. The molecule has 1 aromatic rings. The summed E-state index contributed by atoms with van der Waals surface area (Å²) in [6.45, 7) is 9.85. The summed E-state index contributed by atoms with van der Waals surface area (Å²) in [5, 5.41) is 0. The van der Waals surface area contributed by atoms with E-state index >= 15 is 0 Å². The van der Waals surface area contributed by atoms with Crippen LogP contribution in [-0.4, -0.2) is 15.6 Å². The van der Waals surface area contributed by atoms with Crippen LogP contribution in [0.4, 0.5) is 0 Å². The fourth-order valence-electron chi connectivity index (χ4n) is 2.32. The predicted octanol–water partition coefficient (Wildman–Crippen LogP) is 2.60. The number of rotatable bonds is 6. The SMILES string of the molecule is CCCn1ccnc1CC(C)(C)CC(C)N. The van der Waals surface area contributed by atoms with Crippen molar-refractivity contribution in [3.05, 3.63) is 18.2 Å². The third-order valence-electron chi connectivity index (χ3n) is 2.78. The number of aryl methyl sites for hydroxylation is 1. The highest BCUT2D eigenvalue weighted by molar-refractivity contribution is 4.96. The molecule has 0 aromatic carbocycles. The highest BCUT2D eigenvalue weighted by Crippen LogP contribution is 2.26. The lowest BCUT2D eigenvalue weighted by molar-refractivity contribution is 0.299. The van der Waals surface area contributed by atoms with E-state index in [-0.39, 0.29) is 11.5 Å². The summed E-state index contributed by atoms with van der Waals surface area (Å²) >= 11 is 0. The Kier molecular flexibility index (Phi) is 4.54. The molecule has 2 N–H and O–H groups in total. The van der Waals surface area contributed by atoms with Crippen LogP contribution in [0.5, 0.6) is 0 Å². The van der Waals surface area contributed by atoms with Gasteiger partial charge in [-0.2, -0.15) is 0 Å². The van der Waals surface area contributed by atoms with E-state index in [1.54, 1.807) is 0 Å². The molecule has 0 bridgehead atoms. The Balaban J connectivity index is 2.67. The first-order valence-electron chi connectivity index (χ1n) is 6.20. The van der Waals surface area contributed by atoms with Crippen LogP contribution in [0.15, 0.2) is 12.4 Å². The third-order valence-corrected chi connectivity index (χ3v) is 2.78. The molecule has 1 rings (SSSR count). The van der Waals surface area contributed by atoms with Crippen LogP contribution < -0.4 is 5.73 Å². The first kappa shape index (κ1) is 13.2. The first-order chi connectivity index (χ1) is 7.44. The first-order valence-corrected chi connectivity index (χ1v) is 6.20. The molecule has 0 amide bonds. The van der Waals surface area contributed by atoms with E-state index in [0.29, 0.717) is 0 Å². The van der Waals surface area contributed by atoms with E-state index in [4.69, 9.17) is 5.73 Å². The number of hydrogen-bond acceptors (Lipinski definition) is 2. The summed E-state index contributed by atoms with van der Waals surface area (Å²) in [7, 11) is 0. The van der Waals surface area contributed by atoms with Crippen molar-refractivity contribution in [1.29, 1.82) is 0 Å². The maximum Gasteiger partial charge on any atom is 0.109 e. The summed E-state index contributed by atoms with van der Waals surface area (Å²) in [6.07, 6.45) is 7.15. The summed E-state index contributed by atoms with van der Waals surface area (Å²) in [4.78, 5) is 4.45. The van der Waals surface area contributed by atoms with Crippen molar-refractivity contribution in [3.8, 4) is 0 Å². The Bertz CT molecular complexity index is 313. The van der Waals surface area contributed by atoms with Crippen molar-refractivity contribution in [3.63, 3.8) is 0 Å². The van der Waals surface area contributed by atoms with Crippen molar-refractivity contribution in [2.24, 2.45) is 11.1 Å². The van der Waals surface area contributed by atoms with E-state index in [1.165, 1.54) is 5.82 Å². The topological polar surface area (TPSA) is 43.8 Å². The second-order valence-electron chi connectivity index (χ2n) is 5.56. The molecule has 1 aromatic heterocycles. The zero-order chi connectivity index (χ0) is 12.2. The minimum atomic E-state index is 0.227. The van der Waals surface area contributed by atoms with Crippen molar-refractivity contribution in [2.45, 2.75) is 59.5 Å². The highest BCUT2D eigenvalue weighted by Gasteiger charge is 2.22. The smallest absolute Gasteiger partial charge is 0.109 e. The van der Waals surface area contributed by atoms with Gasteiger partial charge in [-0.05, 0) is 25.2 Å². The van der Waals surface area contributed by atoms with Gasteiger partial charge in [-0.15, -0.1) is 0 Å². The zero-order valence-corrected chi connectivity index (χ0v) is 11.0.